The van der Waals surface area contributed by atoms with E-state index in [1.165, 1.54) is 12.1 Å². The quantitative estimate of drug-likeness (QED) is 0.837. The maximum Gasteiger partial charge on any atom is 0.182 e. The molecule has 6 heteroatoms. The van der Waals surface area contributed by atoms with Crippen LogP contribution in [0.15, 0.2) is 23.1 Å². The lowest BCUT2D eigenvalue weighted by molar-refractivity contribution is 0.0983. The Morgan fingerprint density at radius 3 is 2.59 bits per heavy atom. The van der Waals surface area contributed by atoms with Gasteiger partial charge in [-0.05, 0) is 31.0 Å². The third-order valence-electron chi connectivity index (χ3n) is 2.87. The topological polar surface area (TPSA) is 69.4 Å². The predicted molar refractivity (Wildman–Crippen MR) is 66.9 cm³/mol. The molecular formula is C11H14ClNO3S. The Morgan fingerprint density at radius 1 is 1.29 bits per heavy atom. The summed E-state index contributed by atoms with van der Waals surface area (Å²) in [6, 6.07) is 4.53. The maximum atomic E-state index is 12.4. The van der Waals surface area contributed by atoms with Crippen molar-refractivity contribution >= 4 is 27.1 Å². The molecule has 2 N–H and O–H groups in total. The van der Waals surface area contributed by atoms with Gasteiger partial charge in [0.2, 0.25) is 0 Å². The lowest BCUT2D eigenvalue weighted by atomic mass is 10.2. The van der Waals surface area contributed by atoms with Crippen LogP contribution in [0.1, 0.15) is 12.8 Å². The molecule has 2 rings (SSSR count). The number of nitrogens with two attached hydrogens (primary N) is 1. The first-order valence-electron chi connectivity index (χ1n) is 5.38. The molecule has 1 aliphatic rings. The van der Waals surface area contributed by atoms with Crippen molar-refractivity contribution < 1.29 is 13.2 Å². The number of hydrogen-bond donors (Lipinski definition) is 1. The molecule has 0 aromatic heterocycles. The van der Waals surface area contributed by atoms with Crippen LogP contribution in [-0.4, -0.2) is 26.9 Å². The van der Waals surface area contributed by atoms with Crippen molar-refractivity contribution in [2.24, 2.45) is 0 Å². The normalized spacial score (nSPS) is 18.2. The molecule has 0 saturated carbocycles. The lowest BCUT2D eigenvalue weighted by Crippen LogP contribution is -2.29. The SMILES string of the molecule is Nc1ccc(Cl)c(S(=O)(=O)C2CCOCC2)c1. The van der Waals surface area contributed by atoms with E-state index in [1.54, 1.807) is 6.07 Å². The van der Waals surface area contributed by atoms with Crippen molar-refractivity contribution in [2.75, 3.05) is 18.9 Å². The zero-order chi connectivity index (χ0) is 12.5. The first-order chi connectivity index (χ1) is 8.01. The van der Waals surface area contributed by atoms with Gasteiger partial charge in [-0.25, -0.2) is 8.42 Å². The Balaban J connectivity index is 2.40. The van der Waals surface area contributed by atoms with E-state index < -0.39 is 15.1 Å². The fraction of sp³-hybridized carbons (Fsp3) is 0.455. The molecule has 0 radical (unpaired) electrons. The van der Waals surface area contributed by atoms with Crippen molar-refractivity contribution in [3.8, 4) is 0 Å². The number of nitrogen functional groups attached to an aromatic ring is 1. The highest BCUT2D eigenvalue weighted by molar-refractivity contribution is 7.92. The molecular weight excluding hydrogens is 262 g/mol. The van der Waals surface area contributed by atoms with Crippen molar-refractivity contribution in [1.29, 1.82) is 0 Å². The Morgan fingerprint density at radius 2 is 1.94 bits per heavy atom. The molecule has 1 fully saturated rings. The van der Waals surface area contributed by atoms with E-state index in [2.05, 4.69) is 0 Å². The monoisotopic (exact) mass is 275 g/mol. The summed E-state index contributed by atoms with van der Waals surface area (Å²) in [6.45, 7) is 0.952. The molecule has 1 aromatic carbocycles. The average Bonchev–Trinajstić information content (AvgIpc) is 2.33. The number of rotatable bonds is 2. The van der Waals surface area contributed by atoms with Gasteiger partial charge in [-0.1, -0.05) is 11.6 Å². The fourth-order valence-electron chi connectivity index (χ4n) is 1.90. The molecule has 0 atom stereocenters. The highest BCUT2D eigenvalue weighted by Crippen LogP contribution is 2.30. The average molecular weight is 276 g/mol. The van der Waals surface area contributed by atoms with Crippen molar-refractivity contribution in [2.45, 2.75) is 23.0 Å². The minimum absolute atomic E-state index is 0.131. The lowest BCUT2D eigenvalue weighted by Gasteiger charge is -2.22. The summed E-state index contributed by atoms with van der Waals surface area (Å²) in [4.78, 5) is 0.131. The van der Waals surface area contributed by atoms with E-state index in [0.717, 1.165) is 0 Å². The van der Waals surface area contributed by atoms with Crippen LogP contribution in [0.5, 0.6) is 0 Å². The minimum Gasteiger partial charge on any atom is -0.399 e. The molecule has 0 amide bonds. The number of halogens is 1. The predicted octanol–water partition coefficient (Wildman–Crippen LogP) is 1.87. The smallest absolute Gasteiger partial charge is 0.182 e. The standard InChI is InChI=1S/C11H14ClNO3S/c12-10-2-1-8(13)7-11(10)17(14,15)9-3-5-16-6-4-9/h1-2,7,9H,3-6,13H2. The first-order valence-corrected chi connectivity index (χ1v) is 7.31. The first kappa shape index (κ1) is 12.7. The molecule has 0 spiro atoms. The maximum absolute atomic E-state index is 12.4. The summed E-state index contributed by atoms with van der Waals surface area (Å²) in [5.74, 6) is 0. The van der Waals surface area contributed by atoms with Crippen LogP contribution in [-0.2, 0) is 14.6 Å². The van der Waals surface area contributed by atoms with Gasteiger partial charge >= 0.3 is 0 Å². The Kier molecular flexibility index (Phi) is 3.61. The number of sulfone groups is 1. The van der Waals surface area contributed by atoms with E-state index in [4.69, 9.17) is 22.1 Å². The van der Waals surface area contributed by atoms with Crippen LogP contribution < -0.4 is 5.73 Å². The van der Waals surface area contributed by atoms with Gasteiger partial charge in [0.15, 0.2) is 9.84 Å². The van der Waals surface area contributed by atoms with E-state index in [0.29, 0.717) is 31.7 Å². The van der Waals surface area contributed by atoms with Crippen LogP contribution in [0, 0.1) is 0 Å². The van der Waals surface area contributed by atoms with Gasteiger partial charge < -0.3 is 10.5 Å². The second-order valence-corrected chi connectivity index (χ2v) is 6.65. The molecule has 0 aliphatic carbocycles. The molecule has 0 bridgehead atoms. The van der Waals surface area contributed by atoms with Crippen LogP contribution >= 0.6 is 11.6 Å². The molecule has 0 unspecified atom stereocenters. The van der Waals surface area contributed by atoms with Gasteiger partial charge in [0.25, 0.3) is 0 Å². The van der Waals surface area contributed by atoms with Gasteiger partial charge in [-0.2, -0.15) is 0 Å². The summed E-state index contributed by atoms with van der Waals surface area (Å²) in [5.41, 5.74) is 6.01. The van der Waals surface area contributed by atoms with Crippen molar-refractivity contribution in [3.05, 3.63) is 23.2 Å². The fourth-order valence-corrected chi connectivity index (χ4v) is 4.16. The van der Waals surface area contributed by atoms with Crippen LogP contribution in [0.2, 0.25) is 5.02 Å². The van der Waals surface area contributed by atoms with Crippen molar-refractivity contribution in [1.82, 2.24) is 0 Å². The second-order valence-electron chi connectivity index (χ2n) is 4.05. The summed E-state index contributed by atoms with van der Waals surface area (Å²) in [6.07, 6.45) is 1.01. The summed E-state index contributed by atoms with van der Waals surface area (Å²) >= 11 is 5.93. The third kappa shape index (κ3) is 2.56. The summed E-state index contributed by atoms with van der Waals surface area (Å²) in [7, 11) is -3.41. The number of hydrogen-bond acceptors (Lipinski definition) is 4. The van der Waals surface area contributed by atoms with Gasteiger partial charge in [0.05, 0.1) is 15.2 Å². The van der Waals surface area contributed by atoms with Gasteiger partial charge in [-0.3, -0.25) is 0 Å². The Labute approximate surface area is 106 Å². The van der Waals surface area contributed by atoms with Crippen LogP contribution in [0.4, 0.5) is 5.69 Å². The molecule has 1 heterocycles. The Hall–Kier alpha value is -0.780. The minimum atomic E-state index is -3.41. The van der Waals surface area contributed by atoms with E-state index in [-0.39, 0.29) is 9.92 Å². The number of benzene rings is 1. The molecule has 4 nitrogen and oxygen atoms in total. The zero-order valence-corrected chi connectivity index (χ0v) is 10.8. The molecule has 1 aliphatic heterocycles. The summed E-state index contributed by atoms with van der Waals surface area (Å²) in [5, 5.41) is -0.193. The molecule has 17 heavy (non-hydrogen) atoms. The van der Waals surface area contributed by atoms with Gasteiger partial charge in [-0.15, -0.1) is 0 Å². The van der Waals surface area contributed by atoms with Crippen molar-refractivity contribution in [3.63, 3.8) is 0 Å². The highest BCUT2D eigenvalue weighted by atomic mass is 35.5. The second kappa shape index (κ2) is 4.84. The van der Waals surface area contributed by atoms with Crippen LogP contribution in [0.25, 0.3) is 0 Å². The number of ether oxygens (including phenoxy) is 1. The number of anilines is 1. The molecule has 1 aromatic rings. The molecule has 1 saturated heterocycles. The largest absolute Gasteiger partial charge is 0.399 e. The summed E-state index contributed by atoms with van der Waals surface area (Å²) < 4.78 is 29.9. The van der Waals surface area contributed by atoms with E-state index in [9.17, 15) is 8.42 Å². The van der Waals surface area contributed by atoms with E-state index >= 15 is 0 Å². The van der Waals surface area contributed by atoms with Gasteiger partial charge in [0, 0.05) is 18.9 Å². The Bertz CT molecular complexity index is 509. The highest BCUT2D eigenvalue weighted by Gasteiger charge is 2.31. The van der Waals surface area contributed by atoms with Gasteiger partial charge in [0.1, 0.15) is 0 Å². The molecule has 94 valence electrons. The van der Waals surface area contributed by atoms with Crippen LogP contribution in [0.3, 0.4) is 0 Å². The zero-order valence-electron chi connectivity index (χ0n) is 9.23. The van der Waals surface area contributed by atoms with E-state index in [1.807, 2.05) is 0 Å². The third-order valence-corrected chi connectivity index (χ3v) is 5.61.